The standard InChI is InChI=1S/C9H5Cl2FN2O/c1-4-13-9(15-14-4)5-2-8(12)7(11)3-6(5)10/h2-3H,1H3. The van der Waals surface area contributed by atoms with E-state index in [0.717, 1.165) is 6.07 Å². The monoisotopic (exact) mass is 246 g/mol. The van der Waals surface area contributed by atoms with E-state index in [1.165, 1.54) is 6.07 Å². The van der Waals surface area contributed by atoms with E-state index >= 15 is 0 Å². The second-order valence-electron chi connectivity index (χ2n) is 2.89. The maximum Gasteiger partial charge on any atom is 0.259 e. The first-order valence-corrected chi connectivity index (χ1v) is 4.79. The zero-order chi connectivity index (χ0) is 11.0. The van der Waals surface area contributed by atoms with E-state index in [9.17, 15) is 4.39 Å². The van der Waals surface area contributed by atoms with Gasteiger partial charge in [0.05, 0.1) is 15.6 Å². The van der Waals surface area contributed by atoms with Crippen LogP contribution in [-0.2, 0) is 0 Å². The van der Waals surface area contributed by atoms with E-state index in [1.807, 2.05) is 0 Å². The van der Waals surface area contributed by atoms with Crippen LogP contribution in [-0.4, -0.2) is 10.1 Å². The Bertz CT molecular complexity index is 513. The molecule has 0 aliphatic carbocycles. The lowest BCUT2D eigenvalue weighted by atomic mass is 10.2. The summed E-state index contributed by atoms with van der Waals surface area (Å²) in [4.78, 5) is 3.94. The molecule has 1 aromatic carbocycles. The van der Waals surface area contributed by atoms with Crippen molar-refractivity contribution in [1.82, 2.24) is 10.1 Å². The van der Waals surface area contributed by atoms with Crippen molar-refractivity contribution in [1.29, 1.82) is 0 Å². The summed E-state index contributed by atoms with van der Waals surface area (Å²) in [5, 5.41) is 3.81. The Labute approximate surface area is 94.8 Å². The van der Waals surface area contributed by atoms with Crippen LogP contribution in [0.25, 0.3) is 11.5 Å². The highest BCUT2D eigenvalue weighted by molar-refractivity contribution is 6.36. The lowest BCUT2D eigenvalue weighted by molar-refractivity contribution is 0.425. The molecule has 78 valence electrons. The number of nitrogens with zero attached hydrogens (tertiary/aromatic N) is 2. The van der Waals surface area contributed by atoms with E-state index < -0.39 is 5.82 Å². The molecule has 15 heavy (non-hydrogen) atoms. The fourth-order valence-corrected chi connectivity index (χ4v) is 1.56. The quantitative estimate of drug-likeness (QED) is 0.724. The summed E-state index contributed by atoms with van der Waals surface area (Å²) < 4.78 is 18.0. The summed E-state index contributed by atoms with van der Waals surface area (Å²) in [6.07, 6.45) is 0. The average Bonchev–Trinajstić information content (AvgIpc) is 2.58. The Hall–Kier alpha value is -1.13. The molecule has 3 nitrogen and oxygen atoms in total. The minimum Gasteiger partial charge on any atom is -0.334 e. The van der Waals surface area contributed by atoms with Crippen LogP contribution in [0.3, 0.4) is 0 Å². The van der Waals surface area contributed by atoms with Crippen molar-refractivity contribution >= 4 is 23.2 Å². The third-order valence-electron chi connectivity index (χ3n) is 1.77. The third-order valence-corrected chi connectivity index (χ3v) is 2.37. The number of aryl methyl sites for hydroxylation is 1. The first-order chi connectivity index (χ1) is 7.08. The van der Waals surface area contributed by atoms with Gasteiger partial charge in [-0.25, -0.2) is 4.39 Å². The fourth-order valence-electron chi connectivity index (χ4n) is 1.09. The Morgan fingerprint density at radius 3 is 2.60 bits per heavy atom. The van der Waals surface area contributed by atoms with Crippen molar-refractivity contribution in [2.24, 2.45) is 0 Å². The summed E-state index contributed by atoms with van der Waals surface area (Å²) in [5.74, 6) is 0.0522. The summed E-state index contributed by atoms with van der Waals surface area (Å²) >= 11 is 11.4. The van der Waals surface area contributed by atoms with Crippen molar-refractivity contribution in [2.45, 2.75) is 6.92 Å². The molecule has 0 fully saturated rings. The maximum absolute atomic E-state index is 13.2. The lowest BCUT2D eigenvalue weighted by Gasteiger charge is -2.00. The van der Waals surface area contributed by atoms with Crippen LogP contribution in [0.5, 0.6) is 0 Å². The first-order valence-electron chi connectivity index (χ1n) is 4.03. The van der Waals surface area contributed by atoms with Crippen LogP contribution < -0.4 is 0 Å². The van der Waals surface area contributed by atoms with Crippen molar-refractivity contribution < 1.29 is 8.91 Å². The van der Waals surface area contributed by atoms with Crippen LogP contribution in [0.1, 0.15) is 5.82 Å². The number of hydrogen-bond acceptors (Lipinski definition) is 3. The molecule has 2 rings (SSSR count). The van der Waals surface area contributed by atoms with E-state index in [4.69, 9.17) is 27.7 Å². The van der Waals surface area contributed by atoms with E-state index in [2.05, 4.69) is 10.1 Å². The predicted octanol–water partition coefficient (Wildman–Crippen LogP) is 3.49. The van der Waals surface area contributed by atoms with Gasteiger partial charge in [-0.15, -0.1) is 0 Å². The van der Waals surface area contributed by atoms with Gasteiger partial charge in [-0.2, -0.15) is 4.98 Å². The number of halogens is 3. The smallest absolute Gasteiger partial charge is 0.259 e. The molecular formula is C9H5Cl2FN2O. The van der Waals surface area contributed by atoms with Crippen molar-refractivity contribution in [3.63, 3.8) is 0 Å². The predicted molar refractivity (Wildman–Crippen MR) is 54.4 cm³/mol. The molecule has 2 aromatic rings. The van der Waals surface area contributed by atoms with Crippen LogP contribution >= 0.6 is 23.2 Å². The summed E-state index contributed by atoms with van der Waals surface area (Å²) in [6.45, 7) is 1.66. The van der Waals surface area contributed by atoms with Crippen LogP contribution in [0.15, 0.2) is 16.7 Å². The topological polar surface area (TPSA) is 38.9 Å². The van der Waals surface area contributed by atoms with Gasteiger partial charge < -0.3 is 4.52 Å². The van der Waals surface area contributed by atoms with Crippen molar-refractivity contribution in [3.8, 4) is 11.5 Å². The van der Waals surface area contributed by atoms with Gasteiger partial charge in [-0.3, -0.25) is 0 Å². The number of aromatic nitrogens is 2. The highest BCUT2D eigenvalue weighted by Crippen LogP contribution is 2.31. The highest BCUT2D eigenvalue weighted by Gasteiger charge is 2.13. The molecule has 0 aliphatic rings. The highest BCUT2D eigenvalue weighted by atomic mass is 35.5. The molecule has 0 saturated carbocycles. The SMILES string of the molecule is Cc1noc(-c2cc(F)c(Cl)cc2Cl)n1. The number of benzene rings is 1. The van der Waals surface area contributed by atoms with E-state index in [1.54, 1.807) is 6.92 Å². The molecule has 0 amide bonds. The average molecular weight is 247 g/mol. The van der Waals surface area contributed by atoms with Gasteiger partial charge in [0.2, 0.25) is 0 Å². The molecule has 0 saturated heterocycles. The van der Waals surface area contributed by atoms with E-state index in [-0.39, 0.29) is 15.9 Å². The van der Waals surface area contributed by atoms with Crippen LogP contribution in [0.4, 0.5) is 4.39 Å². The molecule has 1 heterocycles. The minimum atomic E-state index is -0.577. The van der Waals surface area contributed by atoms with Gasteiger partial charge in [0.1, 0.15) is 5.82 Å². The molecule has 0 N–H and O–H groups in total. The van der Waals surface area contributed by atoms with Gasteiger partial charge in [0, 0.05) is 0 Å². The zero-order valence-corrected chi connectivity index (χ0v) is 9.10. The van der Waals surface area contributed by atoms with Crippen molar-refractivity contribution in [3.05, 3.63) is 33.8 Å². The molecule has 0 aliphatic heterocycles. The van der Waals surface area contributed by atoms with E-state index in [0.29, 0.717) is 11.4 Å². The zero-order valence-electron chi connectivity index (χ0n) is 7.59. The molecular weight excluding hydrogens is 242 g/mol. The molecule has 0 bridgehead atoms. The van der Waals surface area contributed by atoms with Crippen LogP contribution in [0, 0.1) is 12.7 Å². The van der Waals surface area contributed by atoms with Gasteiger partial charge in [0.25, 0.3) is 5.89 Å². The summed E-state index contributed by atoms with van der Waals surface area (Å²) in [6, 6.07) is 2.46. The Kier molecular flexibility index (Phi) is 2.63. The largest absolute Gasteiger partial charge is 0.334 e. The normalized spacial score (nSPS) is 10.7. The second-order valence-corrected chi connectivity index (χ2v) is 3.71. The number of rotatable bonds is 1. The van der Waals surface area contributed by atoms with Gasteiger partial charge in [-0.1, -0.05) is 28.4 Å². The van der Waals surface area contributed by atoms with Gasteiger partial charge >= 0.3 is 0 Å². The Morgan fingerprint density at radius 2 is 2.00 bits per heavy atom. The minimum absolute atomic E-state index is 0.0417. The lowest BCUT2D eigenvalue weighted by Crippen LogP contribution is -1.84. The molecule has 0 spiro atoms. The van der Waals surface area contributed by atoms with Crippen molar-refractivity contribution in [2.75, 3.05) is 0 Å². The van der Waals surface area contributed by atoms with Gasteiger partial charge in [-0.05, 0) is 19.1 Å². The summed E-state index contributed by atoms with van der Waals surface area (Å²) in [5.41, 5.74) is 0.333. The molecule has 0 unspecified atom stereocenters. The Balaban J connectivity index is 2.58. The second kappa shape index (κ2) is 3.79. The number of hydrogen-bond donors (Lipinski definition) is 0. The maximum atomic E-state index is 13.2. The van der Waals surface area contributed by atoms with Gasteiger partial charge in [0.15, 0.2) is 5.82 Å². The molecule has 0 radical (unpaired) electrons. The molecule has 1 aromatic heterocycles. The molecule has 6 heteroatoms. The first kappa shape index (κ1) is 10.4. The van der Waals surface area contributed by atoms with Crippen LogP contribution in [0.2, 0.25) is 10.0 Å². The summed E-state index contributed by atoms with van der Waals surface area (Å²) in [7, 11) is 0. The fraction of sp³-hybridized carbons (Fsp3) is 0.111. The Morgan fingerprint density at radius 1 is 1.27 bits per heavy atom. The third kappa shape index (κ3) is 1.96. The molecule has 0 atom stereocenters.